The Hall–Kier alpha value is -0.700. The molecule has 0 amide bonds. The largest absolute Gasteiger partial charge is 0.354 e. The molecule has 1 rings (SSSR count). The van der Waals surface area contributed by atoms with Crippen LogP contribution in [0.2, 0.25) is 0 Å². The van der Waals surface area contributed by atoms with Crippen LogP contribution in [0.3, 0.4) is 0 Å². The molecule has 1 aliphatic rings. The highest BCUT2D eigenvalue weighted by Crippen LogP contribution is 2.15. The maximum Gasteiger partial charge on any atom is 0.151 e. The summed E-state index contributed by atoms with van der Waals surface area (Å²) >= 11 is 0. The Labute approximate surface area is 40.3 Å². The molecule has 0 aromatic heterocycles. The summed E-state index contributed by atoms with van der Waals surface area (Å²) in [5.74, 6) is 0. The molecule has 2 atom stereocenters. The second-order valence-corrected chi connectivity index (χ2v) is 1.34. The van der Waals surface area contributed by atoms with Gasteiger partial charge in [-0.15, -0.1) is 0 Å². The fraction of sp³-hybridized carbons (Fsp3) is 0.500. The molecule has 0 aromatic carbocycles. The molecule has 2 unspecified atom stereocenters. The summed E-state index contributed by atoms with van der Waals surface area (Å²) in [6.07, 6.45) is 0.382. The van der Waals surface area contributed by atoms with E-state index < -0.39 is 12.2 Å². The van der Waals surface area contributed by atoms with Crippen LogP contribution in [-0.2, 0) is 14.3 Å². The first kappa shape index (κ1) is 4.46. The van der Waals surface area contributed by atoms with Crippen molar-refractivity contribution in [1.29, 1.82) is 0 Å². The number of hydrogen-bond acceptors (Lipinski definition) is 3. The first-order chi connectivity index (χ1) is 3.38. The summed E-state index contributed by atoms with van der Waals surface area (Å²) in [5, 5.41) is 0. The maximum atomic E-state index is 9.65. The molecule has 38 valence electrons. The van der Waals surface area contributed by atoms with Gasteiger partial charge in [-0.1, -0.05) is 0 Å². The van der Waals surface area contributed by atoms with Gasteiger partial charge in [0.1, 0.15) is 12.2 Å². The van der Waals surface area contributed by atoms with Crippen molar-refractivity contribution in [1.82, 2.24) is 0 Å². The molecule has 0 radical (unpaired) electrons. The van der Waals surface area contributed by atoms with Gasteiger partial charge in [0.15, 0.2) is 12.6 Å². The van der Waals surface area contributed by atoms with Crippen LogP contribution in [0.15, 0.2) is 0 Å². The van der Waals surface area contributed by atoms with Gasteiger partial charge in [-0.3, -0.25) is 0 Å². The highest BCUT2D eigenvalue weighted by molar-refractivity contribution is 5.73. The number of aldehydes is 2. The fourth-order valence-electron chi connectivity index (χ4n) is 0.355. The minimum Gasteiger partial charge on any atom is -0.354 e. The highest BCUT2D eigenvalue weighted by Gasteiger charge is 2.37. The van der Waals surface area contributed by atoms with Crippen LogP contribution >= 0.6 is 0 Å². The molecular formula is C4H4O3. The SMILES string of the molecule is O=CC1OC1C=O. The first-order valence-electron chi connectivity index (χ1n) is 1.94. The van der Waals surface area contributed by atoms with E-state index in [4.69, 9.17) is 0 Å². The molecule has 0 N–H and O–H groups in total. The van der Waals surface area contributed by atoms with Crippen molar-refractivity contribution in [3.05, 3.63) is 0 Å². The standard InChI is InChI=1S/C4H4O3/c5-1-3-4(2-6)7-3/h1-4H. The fourth-order valence-corrected chi connectivity index (χ4v) is 0.355. The van der Waals surface area contributed by atoms with E-state index in [1.807, 2.05) is 0 Å². The zero-order valence-corrected chi connectivity index (χ0v) is 3.53. The van der Waals surface area contributed by atoms with Gasteiger partial charge >= 0.3 is 0 Å². The second kappa shape index (κ2) is 1.42. The predicted molar refractivity (Wildman–Crippen MR) is 20.8 cm³/mol. The third-order valence-electron chi connectivity index (χ3n) is 0.830. The Morgan fingerprint density at radius 2 is 1.57 bits per heavy atom. The van der Waals surface area contributed by atoms with E-state index in [1.165, 1.54) is 0 Å². The van der Waals surface area contributed by atoms with Crippen LogP contribution in [0.5, 0.6) is 0 Å². The Balaban J connectivity index is 2.30. The molecule has 1 aliphatic heterocycles. The van der Waals surface area contributed by atoms with Crippen molar-refractivity contribution in [3.8, 4) is 0 Å². The van der Waals surface area contributed by atoms with Crippen molar-refractivity contribution in [2.45, 2.75) is 12.2 Å². The van der Waals surface area contributed by atoms with E-state index in [-0.39, 0.29) is 0 Å². The number of epoxide rings is 1. The lowest BCUT2D eigenvalue weighted by Crippen LogP contribution is -1.93. The predicted octanol–water partition coefficient (Wildman–Crippen LogP) is -0.848. The van der Waals surface area contributed by atoms with Crippen LogP contribution in [-0.4, -0.2) is 24.8 Å². The summed E-state index contributed by atoms with van der Waals surface area (Å²) in [5.41, 5.74) is 0. The molecule has 7 heavy (non-hydrogen) atoms. The third kappa shape index (κ3) is 0.667. The lowest BCUT2D eigenvalue weighted by Gasteiger charge is -1.59. The van der Waals surface area contributed by atoms with Crippen LogP contribution in [0.4, 0.5) is 0 Å². The zero-order chi connectivity index (χ0) is 5.28. The topological polar surface area (TPSA) is 46.7 Å². The Kier molecular flexibility index (Phi) is 0.906. The van der Waals surface area contributed by atoms with E-state index in [0.29, 0.717) is 12.6 Å². The zero-order valence-electron chi connectivity index (χ0n) is 3.53. The van der Waals surface area contributed by atoms with Crippen molar-refractivity contribution < 1.29 is 14.3 Å². The monoisotopic (exact) mass is 100 g/mol. The lowest BCUT2D eigenvalue weighted by atomic mass is 10.4. The number of rotatable bonds is 2. The average Bonchev–Trinajstić information content (AvgIpc) is 2.43. The van der Waals surface area contributed by atoms with Crippen LogP contribution in [0.25, 0.3) is 0 Å². The molecule has 1 heterocycles. The number of carbonyl (C=O) groups excluding carboxylic acids is 2. The van der Waals surface area contributed by atoms with Crippen LogP contribution in [0, 0.1) is 0 Å². The van der Waals surface area contributed by atoms with E-state index in [9.17, 15) is 9.59 Å². The molecule has 0 aromatic rings. The van der Waals surface area contributed by atoms with E-state index >= 15 is 0 Å². The molecule has 3 nitrogen and oxygen atoms in total. The normalized spacial score (nSPS) is 37.1. The molecule has 0 spiro atoms. The van der Waals surface area contributed by atoms with Crippen LogP contribution < -0.4 is 0 Å². The Bertz CT molecular complexity index is 87.1. The van der Waals surface area contributed by atoms with Gasteiger partial charge in [0.25, 0.3) is 0 Å². The van der Waals surface area contributed by atoms with Crippen LogP contribution in [0.1, 0.15) is 0 Å². The quantitative estimate of drug-likeness (QED) is 0.335. The summed E-state index contributed by atoms with van der Waals surface area (Å²) in [6, 6.07) is 0. The lowest BCUT2D eigenvalue weighted by molar-refractivity contribution is -0.110. The molecule has 0 aliphatic carbocycles. The average molecular weight is 100 g/mol. The molecule has 0 saturated carbocycles. The highest BCUT2D eigenvalue weighted by atomic mass is 16.6. The van der Waals surface area contributed by atoms with Gasteiger partial charge in [-0.05, 0) is 0 Å². The number of ether oxygens (including phenoxy) is 1. The van der Waals surface area contributed by atoms with E-state index in [2.05, 4.69) is 4.74 Å². The Morgan fingerprint density at radius 3 is 1.71 bits per heavy atom. The molecular weight excluding hydrogens is 96.0 g/mol. The summed E-state index contributed by atoms with van der Waals surface area (Å²) in [4.78, 5) is 19.3. The summed E-state index contributed by atoms with van der Waals surface area (Å²) < 4.78 is 4.48. The van der Waals surface area contributed by atoms with Crippen molar-refractivity contribution in [2.75, 3.05) is 0 Å². The molecule has 0 bridgehead atoms. The van der Waals surface area contributed by atoms with E-state index in [1.54, 1.807) is 0 Å². The minimum absolute atomic E-state index is 0.433. The molecule has 1 saturated heterocycles. The first-order valence-corrected chi connectivity index (χ1v) is 1.94. The van der Waals surface area contributed by atoms with E-state index in [0.717, 1.165) is 0 Å². The van der Waals surface area contributed by atoms with Gasteiger partial charge in [0.2, 0.25) is 0 Å². The second-order valence-electron chi connectivity index (χ2n) is 1.34. The molecule has 1 fully saturated rings. The van der Waals surface area contributed by atoms with Gasteiger partial charge in [-0.25, -0.2) is 0 Å². The third-order valence-corrected chi connectivity index (χ3v) is 0.830. The van der Waals surface area contributed by atoms with Gasteiger partial charge in [-0.2, -0.15) is 0 Å². The maximum absolute atomic E-state index is 9.65. The smallest absolute Gasteiger partial charge is 0.151 e. The minimum atomic E-state index is -0.433. The summed E-state index contributed by atoms with van der Waals surface area (Å²) in [7, 11) is 0. The molecule has 3 heteroatoms. The van der Waals surface area contributed by atoms with Crippen molar-refractivity contribution >= 4 is 12.6 Å². The number of carbonyl (C=O) groups is 2. The van der Waals surface area contributed by atoms with Gasteiger partial charge in [0.05, 0.1) is 0 Å². The van der Waals surface area contributed by atoms with Crippen molar-refractivity contribution in [2.24, 2.45) is 0 Å². The Morgan fingerprint density at radius 1 is 1.14 bits per heavy atom. The van der Waals surface area contributed by atoms with Gasteiger partial charge < -0.3 is 14.3 Å². The van der Waals surface area contributed by atoms with Crippen molar-refractivity contribution in [3.63, 3.8) is 0 Å². The summed E-state index contributed by atoms with van der Waals surface area (Å²) in [6.45, 7) is 0. The number of hydrogen-bond donors (Lipinski definition) is 0. The van der Waals surface area contributed by atoms with Gasteiger partial charge in [0, 0.05) is 0 Å².